The van der Waals surface area contributed by atoms with Gasteiger partial charge in [0.1, 0.15) is 0 Å². The average Bonchev–Trinajstić information content (AvgIpc) is 3.19. The Morgan fingerprint density at radius 2 is 1.58 bits per heavy atom. The van der Waals surface area contributed by atoms with Crippen LogP contribution in [0.15, 0.2) is 72.8 Å². The highest BCUT2D eigenvalue weighted by atomic mass is 16.5. The van der Waals surface area contributed by atoms with Crippen molar-refractivity contribution >= 4 is 29.2 Å². The molecule has 2 aliphatic heterocycles. The maximum Gasteiger partial charge on any atom is 0.337 e. The Hall–Kier alpha value is -3.93. The van der Waals surface area contributed by atoms with Gasteiger partial charge in [0, 0.05) is 29.5 Å². The van der Waals surface area contributed by atoms with Gasteiger partial charge in [-0.3, -0.25) is 9.59 Å². The number of nitrogens with zero attached hydrogens (tertiary/aromatic N) is 2. The number of amides is 2. The molecule has 0 saturated heterocycles. The predicted molar refractivity (Wildman–Crippen MR) is 116 cm³/mol. The van der Waals surface area contributed by atoms with Crippen LogP contribution in [-0.2, 0) is 26.3 Å². The maximum atomic E-state index is 14.0. The van der Waals surface area contributed by atoms with E-state index < -0.39 is 11.4 Å². The molecule has 1 spiro atoms. The van der Waals surface area contributed by atoms with Crippen molar-refractivity contribution in [2.45, 2.75) is 12.0 Å². The number of carbonyl (C=O) groups is 3. The van der Waals surface area contributed by atoms with Crippen molar-refractivity contribution in [1.82, 2.24) is 0 Å². The molecule has 0 bridgehead atoms. The normalized spacial score (nSPS) is 19.0. The molecule has 0 saturated carbocycles. The average molecular weight is 412 g/mol. The van der Waals surface area contributed by atoms with Gasteiger partial charge < -0.3 is 14.5 Å². The zero-order chi connectivity index (χ0) is 21.8. The van der Waals surface area contributed by atoms with Crippen LogP contribution in [0.3, 0.4) is 0 Å². The number of hydrogen-bond donors (Lipinski definition) is 0. The molecule has 31 heavy (non-hydrogen) atoms. The van der Waals surface area contributed by atoms with E-state index in [1.54, 1.807) is 30.1 Å². The van der Waals surface area contributed by atoms with Crippen molar-refractivity contribution in [3.63, 3.8) is 0 Å². The molecule has 154 valence electrons. The molecule has 5 rings (SSSR count). The quantitative estimate of drug-likeness (QED) is 0.489. The van der Waals surface area contributed by atoms with Crippen LogP contribution in [0.4, 0.5) is 11.4 Å². The van der Waals surface area contributed by atoms with Gasteiger partial charge in [-0.25, -0.2) is 4.79 Å². The van der Waals surface area contributed by atoms with Gasteiger partial charge in [0.15, 0.2) is 5.41 Å². The largest absolute Gasteiger partial charge is 0.465 e. The number of hydrogen-bond acceptors (Lipinski definition) is 4. The lowest BCUT2D eigenvalue weighted by molar-refractivity contribution is -0.131. The molecule has 0 aliphatic carbocycles. The van der Waals surface area contributed by atoms with E-state index in [2.05, 4.69) is 0 Å². The molecule has 0 fully saturated rings. The Kier molecular flexibility index (Phi) is 4.18. The first-order valence-electron chi connectivity index (χ1n) is 9.96. The topological polar surface area (TPSA) is 66.9 Å². The van der Waals surface area contributed by atoms with E-state index in [0.717, 1.165) is 5.56 Å². The van der Waals surface area contributed by atoms with Crippen molar-refractivity contribution in [1.29, 1.82) is 0 Å². The summed E-state index contributed by atoms with van der Waals surface area (Å²) in [7, 11) is 2.96. The first-order chi connectivity index (χ1) is 15.0. The number of anilines is 2. The van der Waals surface area contributed by atoms with E-state index in [4.69, 9.17) is 4.74 Å². The predicted octanol–water partition coefficient (Wildman–Crippen LogP) is 3.28. The highest BCUT2D eigenvalue weighted by Crippen LogP contribution is 2.54. The van der Waals surface area contributed by atoms with Gasteiger partial charge in [0.25, 0.3) is 11.8 Å². The zero-order valence-electron chi connectivity index (χ0n) is 17.2. The van der Waals surface area contributed by atoms with Crippen molar-refractivity contribution in [2.24, 2.45) is 0 Å². The lowest BCUT2D eigenvalue weighted by Crippen LogP contribution is -2.47. The minimum absolute atomic E-state index is 0.301. The van der Waals surface area contributed by atoms with E-state index in [9.17, 15) is 14.4 Å². The number of methoxy groups -OCH3 is 1. The Bertz CT molecular complexity index is 1240. The van der Waals surface area contributed by atoms with Gasteiger partial charge in [-0.15, -0.1) is 0 Å². The van der Waals surface area contributed by atoms with Crippen LogP contribution in [0.1, 0.15) is 27.0 Å². The highest BCUT2D eigenvalue weighted by molar-refractivity contribution is 6.31. The Labute approximate surface area is 179 Å². The number of benzene rings is 3. The lowest BCUT2D eigenvalue weighted by Gasteiger charge is -2.23. The summed E-state index contributed by atoms with van der Waals surface area (Å²) in [5.41, 5.74) is 2.21. The van der Waals surface area contributed by atoms with Crippen LogP contribution >= 0.6 is 0 Å². The van der Waals surface area contributed by atoms with E-state index in [1.165, 1.54) is 12.0 Å². The number of fused-ring (bicyclic) bond motifs is 4. The molecule has 6 heteroatoms. The summed E-state index contributed by atoms with van der Waals surface area (Å²) < 4.78 is 4.86. The molecule has 0 radical (unpaired) electrons. The van der Waals surface area contributed by atoms with Crippen LogP contribution in [0.25, 0.3) is 0 Å². The first-order valence-corrected chi connectivity index (χ1v) is 9.96. The molecule has 0 unspecified atom stereocenters. The second-order valence-electron chi connectivity index (χ2n) is 7.73. The summed E-state index contributed by atoms with van der Waals surface area (Å²) in [6, 6.07) is 22.0. The fraction of sp³-hybridized carbons (Fsp3) is 0.160. The van der Waals surface area contributed by atoms with Gasteiger partial charge in [-0.1, -0.05) is 48.5 Å². The molecule has 2 aliphatic rings. The van der Waals surface area contributed by atoms with Crippen LogP contribution in [-0.4, -0.2) is 31.9 Å². The summed E-state index contributed by atoms with van der Waals surface area (Å²) >= 11 is 0. The maximum absolute atomic E-state index is 14.0. The monoisotopic (exact) mass is 412 g/mol. The molecule has 0 N–H and O–H groups in total. The Balaban J connectivity index is 1.74. The fourth-order valence-electron chi connectivity index (χ4n) is 4.69. The number of carbonyl (C=O) groups excluding carboxylic acids is 3. The summed E-state index contributed by atoms with van der Waals surface area (Å²) in [6.45, 7) is 0.349. The molecular weight excluding hydrogens is 392 g/mol. The van der Waals surface area contributed by atoms with Crippen LogP contribution < -0.4 is 9.80 Å². The van der Waals surface area contributed by atoms with E-state index in [0.29, 0.717) is 34.6 Å². The zero-order valence-corrected chi connectivity index (χ0v) is 17.2. The smallest absolute Gasteiger partial charge is 0.337 e. The summed E-state index contributed by atoms with van der Waals surface area (Å²) in [4.78, 5) is 43.0. The Morgan fingerprint density at radius 1 is 0.871 bits per heavy atom. The second kappa shape index (κ2) is 6.80. The van der Waals surface area contributed by atoms with E-state index in [1.807, 2.05) is 54.6 Å². The van der Waals surface area contributed by atoms with Gasteiger partial charge in [0.2, 0.25) is 0 Å². The minimum Gasteiger partial charge on any atom is -0.465 e. The summed E-state index contributed by atoms with van der Waals surface area (Å²) in [5.74, 6) is -1.15. The highest BCUT2D eigenvalue weighted by Gasteiger charge is 2.63. The summed E-state index contributed by atoms with van der Waals surface area (Å²) in [5, 5.41) is 0. The molecule has 2 amide bonds. The third-order valence-corrected chi connectivity index (χ3v) is 6.16. The first kappa shape index (κ1) is 19.1. The van der Waals surface area contributed by atoms with Gasteiger partial charge >= 0.3 is 5.97 Å². The number of ether oxygens (including phenoxy) is 1. The molecule has 0 aromatic heterocycles. The lowest BCUT2D eigenvalue weighted by atomic mass is 9.76. The number of esters is 1. The number of likely N-dealkylation sites (N-methyl/N-ethyl adjacent to an activating group) is 1. The van der Waals surface area contributed by atoms with Gasteiger partial charge in [-0.05, 0) is 29.8 Å². The third-order valence-electron chi connectivity index (χ3n) is 6.16. The Morgan fingerprint density at radius 3 is 2.32 bits per heavy atom. The van der Waals surface area contributed by atoms with Gasteiger partial charge in [0.05, 0.1) is 19.2 Å². The SMILES string of the molecule is COC(=O)c1ccc2c(c1)[C@]1(C(=O)N2C)C(=O)N(Cc2ccccc2)c2ccccc21. The van der Waals surface area contributed by atoms with Crippen molar-refractivity contribution < 1.29 is 19.1 Å². The molecule has 3 aromatic carbocycles. The van der Waals surface area contributed by atoms with Crippen LogP contribution in [0, 0.1) is 0 Å². The minimum atomic E-state index is -1.51. The van der Waals surface area contributed by atoms with E-state index in [-0.39, 0.29) is 11.8 Å². The van der Waals surface area contributed by atoms with Crippen molar-refractivity contribution in [3.05, 3.63) is 95.1 Å². The molecule has 6 nitrogen and oxygen atoms in total. The molecular formula is C25H20N2O4. The molecule has 3 aromatic rings. The fourth-order valence-corrected chi connectivity index (χ4v) is 4.69. The van der Waals surface area contributed by atoms with Crippen molar-refractivity contribution in [2.75, 3.05) is 24.0 Å². The van der Waals surface area contributed by atoms with Gasteiger partial charge in [-0.2, -0.15) is 0 Å². The van der Waals surface area contributed by atoms with Crippen molar-refractivity contribution in [3.8, 4) is 0 Å². The standard InChI is InChI=1S/C25H20N2O4/c1-26-20-13-12-17(22(28)31-2)14-19(20)25(23(26)29)18-10-6-7-11-21(18)27(24(25)30)15-16-8-4-3-5-9-16/h3-14H,15H2,1-2H3/t25-/m1/s1. The number of para-hydroxylation sites is 1. The second-order valence-corrected chi connectivity index (χ2v) is 7.73. The van der Waals surface area contributed by atoms with E-state index >= 15 is 0 Å². The number of rotatable bonds is 3. The van der Waals surface area contributed by atoms with Crippen LogP contribution in [0.2, 0.25) is 0 Å². The molecule has 2 heterocycles. The summed E-state index contributed by atoms with van der Waals surface area (Å²) in [6.07, 6.45) is 0. The third kappa shape index (κ3) is 2.48. The molecule has 1 atom stereocenters. The van der Waals surface area contributed by atoms with Crippen LogP contribution in [0.5, 0.6) is 0 Å².